The van der Waals surface area contributed by atoms with Crippen LogP contribution in [0, 0.1) is 5.82 Å². The number of carbonyl (C=O) groups excluding carboxylic acids is 1. The van der Waals surface area contributed by atoms with E-state index in [-0.39, 0.29) is 17.3 Å². The number of hydrogen-bond donors (Lipinski definition) is 1. The molecule has 162 valence electrons. The zero-order chi connectivity index (χ0) is 21.8. The fourth-order valence-corrected chi connectivity index (χ4v) is 5.43. The minimum atomic E-state index is -3.46. The highest BCUT2D eigenvalue weighted by Crippen LogP contribution is 2.27. The first kappa shape index (κ1) is 21.4. The maximum Gasteiger partial charge on any atom is 0.264 e. The van der Waals surface area contributed by atoms with Crippen LogP contribution in [-0.2, 0) is 14.8 Å². The first-order valence-corrected chi connectivity index (χ1v) is 12.0. The van der Waals surface area contributed by atoms with Gasteiger partial charge in [-0.25, -0.2) is 17.8 Å². The van der Waals surface area contributed by atoms with Gasteiger partial charge in [0.2, 0.25) is 10.0 Å². The van der Waals surface area contributed by atoms with Crippen LogP contribution in [-0.4, -0.2) is 43.3 Å². The Morgan fingerprint density at radius 2 is 1.77 bits per heavy atom. The summed E-state index contributed by atoms with van der Waals surface area (Å²) in [6.45, 7) is 0.887. The van der Waals surface area contributed by atoms with E-state index in [0.29, 0.717) is 29.7 Å². The van der Waals surface area contributed by atoms with Crippen molar-refractivity contribution >= 4 is 32.4 Å². The van der Waals surface area contributed by atoms with Crippen LogP contribution < -0.4 is 10.1 Å². The molecule has 1 aromatic heterocycles. The van der Waals surface area contributed by atoms with Gasteiger partial charge in [0, 0.05) is 24.0 Å². The minimum absolute atomic E-state index is 0.233. The first-order chi connectivity index (χ1) is 14.9. The minimum Gasteiger partial charge on any atom is -0.484 e. The van der Waals surface area contributed by atoms with E-state index in [0.717, 1.165) is 18.4 Å². The molecule has 0 bridgehead atoms. The lowest BCUT2D eigenvalue weighted by Gasteiger charge is -2.15. The van der Waals surface area contributed by atoms with E-state index in [1.807, 2.05) is 0 Å². The predicted octanol–water partition coefficient (Wildman–Crippen LogP) is 3.75. The zero-order valence-corrected chi connectivity index (χ0v) is 18.1. The summed E-state index contributed by atoms with van der Waals surface area (Å²) in [6, 6.07) is 12.0. The fourth-order valence-electron chi connectivity index (χ4n) is 3.17. The molecule has 31 heavy (non-hydrogen) atoms. The number of benzene rings is 2. The first-order valence-electron chi connectivity index (χ1n) is 9.66. The summed E-state index contributed by atoms with van der Waals surface area (Å²) in [6.07, 6.45) is 1.78. The smallest absolute Gasteiger partial charge is 0.264 e. The van der Waals surface area contributed by atoms with Gasteiger partial charge in [-0.2, -0.15) is 4.31 Å². The summed E-state index contributed by atoms with van der Waals surface area (Å²) in [5.74, 6) is -0.383. The molecule has 2 heterocycles. The molecule has 3 aromatic rings. The second kappa shape index (κ2) is 9.13. The maximum atomic E-state index is 12.9. The molecule has 10 heteroatoms. The van der Waals surface area contributed by atoms with Crippen molar-refractivity contribution in [3.8, 4) is 17.0 Å². The Kier molecular flexibility index (Phi) is 6.30. The standard InChI is InChI=1S/C21H20FN3O4S2/c22-16-5-7-17(8-6-16)29-13-20(26)24-21-23-19(14-30-21)15-3-9-18(10-4-15)31(27,28)25-11-1-2-12-25/h3-10,14H,1-2,11-13H2,(H,23,24,26). The monoisotopic (exact) mass is 461 g/mol. The van der Waals surface area contributed by atoms with Crippen LogP contribution in [0.25, 0.3) is 11.3 Å². The van der Waals surface area contributed by atoms with Gasteiger partial charge < -0.3 is 4.74 Å². The van der Waals surface area contributed by atoms with Crippen molar-refractivity contribution in [2.45, 2.75) is 17.7 Å². The van der Waals surface area contributed by atoms with Gasteiger partial charge in [-0.05, 0) is 49.2 Å². The Morgan fingerprint density at radius 1 is 1.10 bits per heavy atom. The molecule has 0 unspecified atom stereocenters. The predicted molar refractivity (Wildman–Crippen MR) is 116 cm³/mol. The number of ether oxygens (including phenoxy) is 1. The van der Waals surface area contributed by atoms with Crippen LogP contribution in [0.3, 0.4) is 0 Å². The quantitative estimate of drug-likeness (QED) is 0.579. The third-order valence-corrected chi connectivity index (χ3v) is 7.46. The molecular formula is C21H20FN3O4S2. The van der Waals surface area contributed by atoms with E-state index < -0.39 is 15.9 Å². The maximum absolute atomic E-state index is 12.9. The summed E-state index contributed by atoms with van der Waals surface area (Å²) in [4.78, 5) is 16.7. The van der Waals surface area contributed by atoms with Crippen LogP contribution in [0.5, 0.6) is 5.75 Å². The highest BCUT2D eigenvalue weighted by atomic mass is 32.2. The molecule has 2 aromatic carbocycles. The van der Waals surface area contributed by atoms with Crippen LogP contribution in [0.2, 0.25) is 0 Å². The average molecular weight is 462 g/mol. The van der Waals surface area contributed by atoms with E-state index in [1.54, 1.807) is 29.6 Å². The number of halogens is 1. The lowest BCUT2D eigenvalue weighted by atomic mass is 10.2. The van der Waals surface area contributed by atoms with Crippen LogP contribution >= 0.6 is 11.3 Å². The number of aromatic nitrogens is 1. The number of nitrogens with zero attached hydrogens (tertiary/aromatic N) is 2. The summed E-state index contributed by atoms with van der Waals surface area (Å²) < 4.78 is 45.0. The molecule has 1 saturated heterocycles. The zero-order valence-electron chi connectivity index (χ0n) is 16.5. The van der Waals surface area contributed by atoms with E-state index in [2.05, 4.69) is 10.3 Å². The molecule has 1 amide bonds. The molecular weight excluding hydrogens is 441 g/mol. The summed E-state index contributed by atoms with van der Waals surface area (Å²) in [5, 5.41) is 4.83. The Bertz CT molecular complexity index is 1160. The Balaban J connectivity index is 1.37. The van der Waals surface area contributed by atoms with E-state index in [4.69, 9.17) is 4.74 Å². The van der Waals surface area contributed by atoms with E-state index in [9.17, 15) is 17.6 Å². The molecule has 1 fully saturated rings. The van der Waals surface area contributed by atoms with E-state index >= 15 is 0 Å². The Hall–Kier alpha value is -2.82. The molecule has 7 nitrogen and oxygen atoms in total. The lowest BCUT2D eigenvalue weighted by molar-refractivity contribution is -0.118. The van der Waals surface area contributed by atoms with Crippen molar-refractivity contribution in [2.24, 2.45) is 0 Å². The van der Waals surface area contributed by atoms with E-state index in [1.165, 1.54) is 39.9 Å². The number of rotatable bonds is 7. The van der Waals surface area contributed by atoms with Gasteiger partial charge in [0.05, 0.1) is 10.6 Å². The van der Waals surface area contributed by atoms with Gasteiger partial charge >= 0.3 is 0 Å². The van der Waals surface area contributed by atoms with Gasteiger partial charge in [0.25, 0.3) is 5.91 Å². The molecule has 0 spiro atoms. The highest BCUT2D eigenvalue weighted by Gasteiger charge is 2.27. The normalized spacial score (nSPS) is 14.5. The Morgan fingerprint density at radius 3 is 2.45 bits per heavy atom. The highest BCUT2D eigenvalue weighted by molar-refractivity contribution is 7.89. The van der Waals surface area contributed by atoms with Crippen molar-refractivity contribution in [2.75, 3.05) is 25.0 Å². The van der Waals surface area contributed by atoms with Crippen LogP contribution in [0.15, 0.2) is 58.8 Å². The molecule has 1 N–H and O–H groups in total. The van der Waals surface area contributed by atoms with Crippen LogP contribution in [0.4, 0.5) is 9.52 Å². The van der Waals surface area contributed by atoms with Crippen molar-refractivity contribution in [3.63, 3.8) is 0 Å². The average Bonchev–Trinajstić information content (AvgIpc) is 3.46. The van der Waals surface area contributed by atoms with Gasteiger partial charge in [0.15, 0.2) is 11.7 Å². The molecule has 1 aliphatic heterocycles. The van der Waals surface area contributed by atoms with Gasteiger partial charge in [-0.3, -0.25) is 10.1 Å². The molecule has 0 saturated carbocycles. The summed E-state index contributed by atoms with van der Waals surface area (Å²) >= 11 is 1.25. The van der Waals surface area contributed by atoms with Crippen molar-refractivity contribution < 1.29 is 22.3 Å². The van der Waals surface area contributed by atoms with Crippen molar-refractivity contribution in [1.82, 2.24) is 9.29 Å². The molecule has 1 aliphatic rings. The fraction of sp³-hybridized carbons (Fsp3) is 0.238. The largest absolute Gasteiger partial charge is 0.484 e. The van der Waals surface area contributed by atoms with Gasteiger partial charge in [-0.15, -0.1) is 11.3 Å². The van der Waals surface area contributed by atoms with Crippen LogP contribution in [0.1, 0.15) is 12.8 Å². The molecule has 0 aliphatic carbocycles. The third kappa shape index (κ3) is 5.09. The molecule has 4 rings (SSSR count). The lowest BCUT2D eigenvalue weighted by Crippen LogP contribution is -2.27. The third-order valence-electron chi connectivity index (χ3n) is 4.79. The number of hydrogen-bond acceptors (Lipinski definition) is 6. The number of amides is 1. The van der Waals surface area contributed by atoms with Gasteiger partial charge in [-0.1, -0.05) is 12.1 Å². The number of anilines is 1. The molecule has 0 atom stereocenters. The molecule has 0 radical (unpaired) electrons. The number of carbonyl (C=O) groups is 1. The topological polar surface area (TPSA) is 88.6 Å². The second-order valence-electron chi connectivity index (χ2n) is 6.96. The van der Waals surface area contributed by atoms with Crippen molar-refractivity contribution in [3.05, 3.63) is 59.7 Å². The number of thiazole rings is 1. The number of sulfonamides is 1. The SMILES string of the molecule is O=C(COc1ccc(F)cc1)Nc1nc(-c2ccc(S(=O)(=O)N3CCCC3)cc2)cs1. The summed E-state index contributed by atoms with van der Waals surface area (Å²) in [7, 11) is -3.46. The number of nitrogens with one attached hydrogen (secondary N) is 1. The summed E-state index contributed by atoms with van der Waals surface area (Å²) in [5.41, 5.74) is 1.38. The Labute approximate surface area is 183 Å². The van der Waals surface area contributed by atoms with Gasteiger partial charge in [0.1, 0.15) is 11.6 Å². The second-order valence-corrected chi connectivity index (χ2v) is 9.76. The van der Waals surface area contributed by atoms with Crippen molar-refractivity contribution in [1.29, 1.82) is 0 Å².